The van der Waals surface area contributed by atoms with Crippen LogP contribution in [0.5, 0.6) is 11.5 Å². The summed E-state index contributed by atoms with van der Waals surface area (Å²) in [6.45, 7) is 1.65. The van der Waals surface area contributed by atoms with Gasteiger partial charge in [-0.25, -0.2) is 9.78 Å². The van der Waals surface area contributed by atoms with Crippen molar-refractivity contribution in [3.63, 3.8) is 0 Å². The van der Waals surface area contributed by atoms with E-state index in [4.69, 9.17) is 14.2 Å². The predicted octanol–water partition coefficient (Wildman–Crippen LogP) is 2.25. The van der Waals surface area contributed by atoms with Gasteiger partial charge in [0, 0.05) is 24.1 Å². The van der Waals surface area contributed by atoms with E-state index in [1.165, 1.54) is 6.92 Å². The van der Waals surface area contributed by atoms with Crippen LogP contribution in [0.15, 0.2) is 48.8 Å². The first-order chi connectivity index (χ1) is 12.6. The van der Waals surface area contributed by atoms with E-state index < -0.39 is 18.0 Å². The predicted molar refractivity (Wildman–Crippen MR) is 91.3 cm³/mol. The van der Waals surface area contributed by atoms with E-state index in [1.807, 2.05) is 12.1 Å². The average Bonchev–Trinajstić information content (AvgIpc) is 3.27. The smallest absolute Gasteiger partial charge is 0.359 e. The molecular formula is C18H15N3O5. The number of hydrogen-bond acceptors (Lipinski definition) is 6. The molecule has 8 nitrogen and oxygen atoms in total. The summed E-state index contributed by atoms with van der Waals surface area (Å²) in [4.78, 5) is 28.7. The van der Waals surface area contributed by atoms with Crippen LogP contribution in [-0.2, 0) is 9.53 Å². The van der Waals surface area contributed by atoms with Crippen molar-refractivity contribution < 1.29 is 23.8 Å². The molecule has 1 aliphatic heterocycles. The maximum Gasteiger partial charge on any atom is 0.359 e. The maximum absolute atomic E-state index is 12.3. The van der Waals surface area contributed by atoms with Crippen molar-refractivity contribution in [3.8, 4) is 11.5 Å². The van der Waals surface area contributed by atoms with Gasteiger partial charge in [-0.05, 0) is 31.2 Å². The third-order valence-corrected chi connectivity index (χ3v) is 3.87. The lowest BCUT2D eigenvalue weighted by Gasteiger charge is -2.13. The number of hydrogen-bond donors (Lipinski definition) is 1. The van der Waals surface area contributed by atoms with Crippen molar-refractivity contribution in [1.29, 1.82) is 0 Å². The lowest BCUT2D eigenvalue weighted by atomic mass is 10.2. The van der Waals surface area contributed by atoms with E-state index >= 15 is 0 Å². The van der Waals surface area contributed by atoms with Gasteiger partial charge in [0.1, 0.15) is 5.65 Å². The van der Waals surface area contributed by atoms with E-state index in [-0.39, 0.29) is 12.5 Å². The van der Waals surface area contributed by atoms with Crippen molar-refractivity contribution >= 4 is 23.2 Å². The molecule has 1 aliphatic rings. The number of fused-ring (bicyclic) bond motifs is 2. The maximum atomic E-state index is 12.3. The molecule has 0 saturated carbocycles. The molecule has 3 heterocycles. The molecule has 1 amide bonds. The minimum Gasteiger partial charge on any atom is -0.454 e. The molecule has 0 unspecified atom stereocenters. The van der Waals surface area contributed by atoms with Crippen molar-refractivity contribution in [2.45, 2.75) is 13.0 Å². The number of ether oxygens (including phenoxy) is 3. The van der Waals surface area contributed by atoms with Gasteiger partial charge in [0.2, 0.25) is 6.79 Å². The highest BCUT2D eigenvalue weighted by Crippen LogP contribution is 2.34. The zero-order valence-electron chi connectivity index (χ0n) is 13.8. The first kappa shape index (κ1) is 15.9. The molecule has 4 rings (SSSR count). The molecule has 0 aliphatic carbocycles. The topological polar surface area (TPSA) is 91.2 Å². The number of esters is 1. The molecule has 2 aromatic heterocycles. The fourth-order valence-corrected chi connectivity index (χ4v) is 2.53. The fourth-order valence-electron chi connectivity index (χ4n) is 2.53. The van der Waals surface area contributed by atoms with Gasteiger partial charge in [-0.15, -0.1) is 0 Å². The first-order valence-electron chi connectivity index (χ1n) is 7.95. The van der Waals surface area contributed by atoms with E-state index in [9.17, 15) is 9.59 Å². The van der Waals surface area contributed by atoms with Crippen molar-refractivity contribution in [2.75, 3.05) is 12.1 Å². The highest BCUT2D eigenvalue weighted by molar-refractivity contribution is 5.97. The van der Waals surface area contributed by atoms with E-state index in [2.05, 4.69) is 10.3 Å². The minimum atomic E-state index is -0.988. The second-order valence-electron chi connectivity index (χ2n) is 5.70. The average molecular weight is 353 g/mol. The van der Waals surface area contributed by atoms with Gasteiger partial charge in [0.25, 0.3) is 5.91 Å². The van der Waals surface area contributed by atoms with Gasteiger partial charge in [0.05, 0.1) is 0 Å². The van der Waals surface area contributed by atoms with Crippen LogP contribution in [0.25, 0.3) is 5.65 Å². The number of nitrogens with zero attached hydrogens (tertiary/aromatic N) is 2. The van der Waals surface area contributed by atoms with Crippen LogP contribution in [0.4, 0.5) is 5.69 Å². The van der Waals surface area contributed by atoms with Gasteiger partial charge >= 0.3 is 5.97 Å². The van der Waals surface area contributed by atoms with Crippen molar-refractivity contribution in [1.82, 2.24) is 9.38 Å². The number of imidazole rings is 1. The van der Waals surface area contributed by atoms with E-state index in [1.54, 1.807) is 41.1 Å². The number of aromatic nitrogens is 2. The molecule has 8 heteroatoms. The Balaban J connectivity index is 1.41. The third-order valence-electron chi connectivity index (χ3n) is 3.87. The summed E-state index contributed by atoms with van der Waals surface area (Å²) in [5.74, 6) is 0.0505. The number of carbonyl (C=O) groups is 2. The fraction of sp³-hybridized carbons (Fsp3) is 0.167. The van der Waals surface area contributed by atoms with Gasteiger partial charge in [-0.1, -0.05) is 6.07 Å². The van der Waals surface area contributed by atoms with Crippen LogP contribution in [0.1, 0.15) is 17.4 Å². The van der Waals surface area contributed by atoms with Gasteiger partial charge < -0.3 is 23.9 Å². The molecular weight excluding hydrogens is 338 g/mol. The van der Waals surface area contributed by atoms with E-state index in [0.29, 0.717) is 22.8 Å². The SMILES string of the molecule is C[C@@H](OC(=O)c1cn2ccccc2n1)C(=O)Nc1ccc2c(c1)OCO2. The van der Waals surface area contributed by atoms with Crippen LogP contribution in [0.3, 0.4) is 0 Å². The van der Waals surface area contributed by atoms with Crippen LogP contribution in [-0.4, -0.2) is 34.2 Å². The number of anilines is 1. The Labute approximate surface area is 148 Å². The Morgan fingerprint density at radius 3 is 2.92 bits per heavy atom. The van der Waals surface area contributed by atoms with Crippen LogP contribution >= 0.6 is 0 Å². The quantitative estimate of drug-likeness (QED) is 0.724. The number of amides is 1. The molecule has 132 valence electrons. The zero-order chi connectivity index (χ0) is 18.1. The summed E-state index contributed by atoms with van der Waals surface area (Å²) in [6, 6.07) is 10.4. The monoisotopic (exact) mass is 353 g/mol. The minimum absolute atomic E-state index is 0.138. The number of pyridine rings is 1. The summed E-state index contributed by atoms with van der Waals surface area (Å²) < 4.78 is 17.4. The highest BCUT2D eigenvalue weighted by atomic mass is 16.7. The zero-order valence-corrected chi connectivity index (χ0v) is 13.8. The highest BCUT2D eigenvalue weighted by Gasteiger charge is 2.22. The van der Waals surface area contributed by atoms with Crippen molar-refractivity contribution in [2.24, 2.45) is 0 Å². The Bertz CT molecular complexity index is 964. The van der Waals surface area contributed by atoms with Crippen LogP contribution < -0.4 is 14.8 Å². The van der Waals surface area contributed by atoms with Gasteiger partial charge in [-0.3, -0.25) is 4.79 Å². The Morgan fingerprint density at radius 1 is 1.23 bits per heavy atom. The van der Waals surface area contributed by atoms with Gasteiger partial charge in [-0.2, -0.15) is 0 Å². The normalized spacial score (nSPS) is 13.4. The summed E-state index contributed by atoms with van der Waals surface area (Å²) in [5.41, 5.74) is 1.28. The largest absolute Gasteiger partial charge is 0.454 e. The Kier molecular flexibility index (Phi) is 3.92. The number of benzene rings is 1. The Hall–Kier alpha value is -3.55. The lowest BCUT2D eigenvalue weighted by molar-refractivity contribution is -0.123. The third kappa shape index (κ3) is 3.04. The molecule has 0 spiro atoms. The molecule has 0 radical (unpaired) electrons. The molecule has 1 aromatic carbocycles. The summed E-state index contributed by atoms with van der Waals surface area (Å²) in [7, 11) is 0. The Morgan fingerprint density at radius 2 is 2.08 bits per heavy atom. The molecule has 0 bridgehead atoms. The number of nitrogens with one attached hydrogen (secondary N) is 1. The van der Waals surface area contributed by atoms with Crippen molar-refractivity contribution in [3.05, 3.63) is 54.5 Å². The van der Waals surface area contributed by atoms with E-state index in [0.717, 1.165) is 0 Å². The molecule has 26 heavy (non-hydrogen) atoms. The summed E-state index contributed by atoms with van der Waals surface area (Å²) in [5, 5.41) is 2.68. The molecule has 1 atom stereocenters. The van der Waals surface area contributed by atoms with Crippen LogP contribution in [0.2, 0.25) is 0 Å². The summed E-state index contributed by atoms with van der Waals surface area (Å²) >= 11 is 0. The lowest BCUT2D eigenvalue weighted by Crippen LogP contribution is -2.30. The van der Waals surface area contributed by atoms with Gasteiger partial charge in [0.15, 0.2) is 23.3 Å². The second kappa shape index (κ2) is 6.40. The standard InChI is InChI=1S/C18H15N3O5/c1-11(17(22)19-12-5-6-14-15(8-12)25-10-24-14)26-18(23)13-9-21-7-3-2-4-16(21)20-13/h2-9,11H,10H2,1H3,(H,19,22)/t11-/m1/s1. The molecule has 1 N–H and O–H groups in total. The second-order valence-corrected chi connectivity index (χ2v) is 5.70. The molecule has 0 fully saturated rings. The summed E-state index contributed by atoms with van der Waals surface area (Å²) in [6.07, 6.45) is 2.34. The molecule has 3 aromatic rings. The molecule has 0 saturated heterocycles. The number of carbonyl (C=O) groups excluding carboxylic acids is 2. The first-order valence-corrected chi connectivity index (χ1v) is 7.95. The van der Waals surface area contributed by atoms with Crippen LogP contribution in [0, 0.1) is 0 Å². The number of rotatable bonds is 4.